The quantitative estimate of drug-likeness (QED) is 0.606. The van der Waals surface area contributed by atoms with E-state index in [2.05, 4.69) is 10.6 Å². The van der Waals surface area contributed by atoms with E-state index >= 15 is 0 Å². The number of hydrogen-bond donors (Lipinski definition) is 2. The monoisotopic (exact) mass is 480 g/mol. The number of methoxy groups -OCH3 is 2. The normalized spacial score (nSPS) is 37.1. The van der Waals surface area contributed by atoms with E-state index in [-0.39, 0.29) is 34.7 Å². The molecule has 186 valence electrons. The van der Waals surface area contributed by atoms with Crippen LogP contribution in [0.1, 0.15) is 59.2 Å². The maximum Gasteiger partial charge on any atom is 0.337 e. The maximum atomic E-state index is 13.7. The highest BCUT2D eigenvalue weighted by Gasteiger charge is 2.72. The van der Waals surface area contributed by atoms with Gasteiger partial charge in [0.2, 0.25) is 11.8 Å². The SMILES string of the molecule is COC(=O)c1cc(NC(=O)CNC(=O)C23CC4C[C@@H]5C6CC(C[C@H]52)C[C@H]3[C@H]6C4)cc(C(=O)OC)c1. The fourth-order valence-corrected chi connectivity index (χ4v) is 9.09. The van der Waals surface area contributed by atoms with Crippen LogP contribution >= 0.6 is 0 Å². The molecule has 0 aromatic heterocycles. The molecule has 8 bridgehead atoms. The van der Waals surface area contributed by atoms with Gasteiger partial charge in [-0.2, -0.15) is 0 Å². The molecule has 7 aliphatic rings. The summed E-state index contributed by atoms with van der Waals surface area (Å²) in [5.74, 6) is 2.97. The lowest BCUT2D eigenvalue weighted by molar-refractivity contribution is -0.248. The third kappa shape index (κ3) is 3.32. The molecule has 8 heteroatoms. The average molecular weight is 481 g/mol. The molecule has 7 fully saturated rings. The summed E-state index contributed by atoms with van der Waals surface area (Å²) >= 11 is 0. The Labute approximate surface area is 204 Å². The van der Waals surface area contributed by atoms with Gasteiger partial charge < -0.3 is 20.1 Å². The molecule has 0 spiro atoms. The Morgan fingerprint density at radius 2 is 1.40 bits per heavy atom. The van der Waals surface area contributed by atoms with E-state index in [1.807, 2.05) is 0 Å². The lowest BCUT2D eigenvalue weighted by Crippen LogP contribution is -2.71. The lowest BCUT2D eigenvalue weighted by Gasteiger charge is -2.73. The van der Waals surface area contributed by atoms with Crippen LogP contribution in [-0.4, -0.2) is 44.5 Å². The topological polar surface area (TPSA) is 111 Å². The molecule has 2 amide bonds. The van der Waals surface area contributed by atoms with Crippen molar-refractivity contribution in [3.8, 4) is 0 Å². The van der Waals surface area contributed by atoms with Gasteiger partial charge in [0.1, 0.15) is 0 Å². The molecule has 0 aliphatic heterocycles. The van der Waals surface area contributed by atoms with E-state index in [4.69, 9.17) is 9.47 Å². The fourth-order valence-electron chi connectivity index (χ4n) is 9.09. The average Bonchev–Trinajstić information content (AvgIpc) is 2.88. The van der Waals surface area contributed by atoms with Crippen molar-refractivity contribution in [1.82, 2.24) is 5.32 Å². The van der Waals surface area contributed by atoms with Crippen molar-refractivity contribution in [1.29, 1.82) is 0 Å². The number of nitrogens with one attached hydrogen (secondary N) is 2. The van der Waals surface area contributed by atoms with Crippen molar-refractivity contribution in [3.05, 3.63) is 29.3 Å². The second-order valence-electron chi connectivity index (χ2n) is 11.4. The summed E-state index contributed by atoms with van der Waals surface area (Å²) in [6.07, 6.45) is 7.28. The molecule has 35 heavy (non-hydrogen) atoms. The Morgan fingerprint density at radius 3 is 1.97 bits per heavy atom. The number of rotatable bonds is 6. The van der Waals surface area contributed by atoms with Crippen molar-refractivity contribution < 1.29 is 28.7 Å². The smallest absolute Gasteiger partial charge is 0.337 e. The largest absolute Gasteiger partial charge is 0.465 e. The third-order valence-corrected chi connectivity index (χ3v) is 9.97. The number of esters is 2. The first kappa shape index (κ1) is 22.6. The van der Waals surface area contributed by atoms with E-state index in [0.717, 1.165) is 18.3 Å². The standard InChI is InChI=1S/C27H32N2O6/c1-34-24(31)15-8-16(25(32)35-2)10-17(9-15)29-23(30)12-28-26(33)27-11-14-4-19-18-3-13(6-21(19)27)7-22(27)20(18)5-14/h8-10,13-14,18-22H,3-7,11-12H2,1-2H3,(H,28,33)(H,29,30)/t13?,14?,18?,19-,20+,21-,22+,27?. The number of carbonyl (C=O) groups excluding carboxylic acids is 4. The van der Waals surface area contributed by atoms with Gasteiger partial charge in [-0.1, -0.05) is 0 Å². The van der Waals surface area contributed by atoms with Gasteiger partial charge in [-0.25, -0.2) is 9.59 Å². The van der Waals surface area contributed by atoms with Crippen LogP contribution in [0.4, 0.5) is 5.69 Å². The van der Waals surface area contributed by atoms with E-state index in [9.17, 15) is 19.2 Å². The molecule has 2 N–H and O–H groups in total. The Kier molecular flexibility index (Phi) is 5.20. The summed E-state index contributed by atoms with van der Waals surface area (Å²) in [6.45, 7) is -0.150. The van der Waals surface area contributed by atoms with Gasteiger partial charge in [0.05, 0.1) is 37.3 Å². The molecule has 8 rings (SSSR count). The summed E-state index contributed by atoms with van der Waals surface area (Å²) in [5.41, 5.74) is 0.205. The molecule has 0 heterocycles. The molecule has 4 unspecified atom stereocenters. The van der Waals surface area contributed by atoms with Gasteiger partial charge in [-0.15, -0.1) is 0 Å². The maximum absolute atomic E-state index is 13.7. The van der Waals surface area contributed by atoms with Gasteiger partial charge in [0.25, 0.3) is 0 Å². The van der Waals surface area contributed by atoms with Crippen LogP contribution < -0.4 is 10.6 Å². The van der Waals surface area contributed by atoms with Gasteiger partial charge in [-0.3, -0.25) is 9.59 Å². The Hall–Kier alpha value is -2.90. The van der Waals surface area contributed by atoms with Gasteiger partial charge in [-0.05, 0) is 98.1 Å². The van der Waals surface area contributed by atoms with E-state index in [1.54, 1.807) is 0 Å². The summed E-state index contributed by atoms with van der Waals surface area (Å²) in [5, 5.41) is 5.69. The van der Waals surface area contributed by atoms with Crippen molar-refractivity contribution in [2.75, 3.05) is 26.1 Å². The highest BCUT2D eigenvalue weighted by molar-refractivity contribution is 6.00. The van der Waals surface area contributed by atoms with Crippen molar-refractivity contribution in [2.45, 2.75) is 38.5 Å². The molecule has 7 aliphatic carbocycles. The number of carbonyl (C=O) groups is 4. The molecule has 1 aromatic rings. The highest BCUT2D eigenvalue weighted by Crippen LogP contribution is 2.75. The molecular weight excluding hydrogens is 448 g/mol. The molecule has 8 atom stereocenters. The van der Waals surface area contributed by atoms with Gasteiger partial charge >= 0.3 is 11.9 Å². The van der Waals surface area contributed by atoms with Crippen LogP contribution in [0.5, 0.6) is 0 Å². The van der Waals surface area contributed by atoms with Crippen LogP contribution in [0.3, 0.4) is 0 Å². The number of amides is 2. The van der Waals surface area contributed by atoms with Crippen LogP contribution in [0.25, 0.3) is 0 Å². The second-order valence-corrected chi connectivity index (χ2v) is 11.4. The molecule has 0 saturated heterocycles. The van der Waals surface area contributed by atoms with Crippen LogP contribution in [0, 0.1) is 46.8 Å². The van der Waals surface area contributed by atoms with E-state index < -0.39 is 17.8 Å². The van der Waals surface area contributed by atoms with Crippen molar-refractivity contribution >= 4 is 29.4 Å². The predicted octanol–water partition coefficient (Wildman–Crippen LogP) is 3.02. The van der Waals surface area contributed by atoms with Crippen LogP contribution in [0.15, 0.2) is 18.2 Å². The Balaban J connectivity index is 1.16. The molecule has 7 saturated carbocycles. The zero-order valence-electron chi connectivity index (χ0n) is 20.2. The molecule has 1 aromatic carbocycles. The minimum atomic E-state index is -0.633. The van der Waals surface area contributed by atoms with Gasteiger partial charge in [0, 0.05) is 5.69 Å². The Morgan fingerprint density at radius 1 is 0.829 bits per heavy atom. The van der Waals surface area contributed by atoms with Crippen LogP contribution in [0.2, 0.25) is 0 Å². The lowest BCUT2D eigenvalue weighted by atomic mass is 9.30. The summed E-state index contributed by atoms with van der Waals surface area (Å²) < 4.78 is 9.49. The van der Waals surface area contributed by atoms with Gasteiger partial charge in [0.15, 0.2) is 0 Å². The highest BCUT2D eigenvalue weighted by atomic mass is 16.5. The summed E-state index contributed by atoms with van der Waals surface area (Å²) in [7, 11) is 2.48. The minimum absolute atomic E-state index is 0.0550. The zero-order chi connectivity index (χ0) is 24.5. The summed E-state index contributed by atoms with van der Waals surface area (Å²) in [6, 6.07) is 4.23. The van der Waals surface area contributed by atoms with Crippen LogP contribution in [-0.2, 0) is 19.1 Å². The number of hydrogen-bond acceptors (Lipinski definition) is 6. The molecule has 8 nitrogen and oxygen atoms in total. The van der Waals surface area contributed by atoms with E-state index in [1.165, 1.54) is 64.5 Å². The van der Waals surface area contributed by atoms with E-state index in [0.29, 0.717) is 29.6 Å². The predicted molar refractivity (Wildman–Crippen MR) is 125 cm³/mol. The second kappa shape index (κ2) is 8.07. The first-order valence-electron chi connectivity index (χ1n) is 12.7. The third-order valence-electron chi connectivity index (χ3n) is 9.97. The molecular formula is C27H32N2O6. The minimum Gasteiger partial charge on any atom is -0.465 e. The fraction of sp³-hybridized carbons (Fsp3) is 0.630. The first-order chi connectivity index (χ1) is 16.8. The van der Waals surface area contributed by atoms with Crippen molar-refractivity contribution in [3.63, 3.8) is 0 Å². The number of anilines is 1. The number of benzene rings is 1. The summed E-state index contributed by atoms with van der Waals surface area (Å²) in [4.78, 5) is 50.6. The Bertz CT molecular complexity index is 1060. The number of ether oxygens (including phenoxy) is 2. The zero-order valence-corrected chi connectivity index (χ0v) is 20.2. The first-order valence-corrected chi connectivity index (χ1v) is 12.7. The molecule has 0 radical (unpaired) electrons. The van der Waals surface area contributed by atoms with Crippen molar-refractivity contribution in [2.24, 2.45) is 46.8 Å².